The van der Waals surface area contributed by atoms with Crippen molar-refractivity contribution in [1.29, 1.82) is 0 Å². The Kier molecular flexibility index (Phi) is 15.4. The van der Waals surface area contributed by atoms with Gasteiger partial charge in [-0.2, -0.15) is 0 Å². The van der Waals surface area contributed by atoms with Crippen molar-refractivity contribution in [1.82, 2.24) is 29.2 Å². The maximum atomic E-state index is 13.1. The summed E-state index contributed by atoms with van der Waals surface area (Å²) in [6.45, 7) is 6.26. The molecular formula is C54H52N6O17. The van der Waals surface area contributed by atoms with Gasteiger partial charge in [0.25, 0.3) is 41.2 Å². The molecule has 0 spiro atoms. The van der Waals surface area contributed by atoms with Gasteiger partial charge >= 0.3 is 11.4 Å². The molecule has 4 amide bonds. The van der Waals surface area contributed by atoms with Gasteiger partial charge in [0.1, 0.15) is 11.7 Å². The lowest BCUT2D eigenvalue weighted by atomic mass is 9.93. The molecule has 23 heteroatoms. The van der Waals surface area contributed by atoms with Crippen LogP contribution >= 0.6 is 0 Å². The first kappa shape index (κ1) is 53.5. The molecule has 23 nitrogen and oxygen atoms in total. The van der Waals surface area contributed by atoms with Crippen molar-refractivity contribution in [3.8, 4) is 0 Å². The Morgan fingerprint density at radius 2 is 0.948 bits per heavy atom. The van der Waals surface area contributed by atoms with Gasteiger partial charge in [0, 0.05) is 29.9 Å². The van der Waals surface area contributed by atoms with Crippen LogP contribution in [0.2, 0.25) is 0 Å². The molecule has 4 aliphatic heterocycles. The number of amides is 4. The summed E-state index contributed by atoms with van der Waals surface area (Å²) in [5.41, 5.74) is -1.50. The number of imide groups is 2. The Hall–Kier alpha value is -8.29. The Balaban J connectivity index is 0.000000188. The number of aromatic amines is 2. The summed E-state index contributed by atoms with van der Waals surface area (Å²) in [6.07, 6.45) is -4.61. The summed E-state index contributed by atoms with van der Waals surface area (Å²) in [5, 5.41) is 11.7. The molecule has 4 aromatic carbocycles. The minimum Gasteiger partial charge on any atom is -0.432 e. The lowest BCUT2D eigenvalue weighted by molar-refractivity contribution is -0.258. The van der Waals surface area contributed by atoms with Crippen molar-refractivity contribution in [3.05, 3.63) is 208 Å². The van der Waals surface area contributed by atoms with E-state index in [2.05, 4.69) is 9.97 Å². The number of hydrogen-bond acceptors (Lipinski definition) is 17. The zero-order valence-electron chi connectivity index (χ0n) is 41.9. The lowest BCUT2D eigenvalue weighted by Gasteiger charge is -2.33. The Labute approximate surface area is 436 Å². The third-order valence-corrected chi connectivity index (χ3v) is 13.7. The average Bonchev–Trinajstić information content (AvgIpc) is 4.13. The fourth-order valence-electron chi connectivity index (χ4n) is 9.58. The molecular weight excluding hydrogens is 1000 g/mol. The number of rotatable bonds is 17. The van der Waals surface area contributed by atoms with E-state index in [0.717, 1.165) is 20.3 Å². The number of aliphatic hydroxyl groups excluding tert-OH is 1. The number of carbonyl (C=O) groups excluding carboxylic acids is 5. The third-order valence-electron chi connectivity index (χ3n) is 13.7. The molecule has 2 unspecified atom stereocenters. The number of hydroxylamine groups is 4. The second-order valence-corrected chi connectivity index (χ2v) is 18.4. The molecule has 10 rings (SSSR count). The number of ether oxygens (including phenoxy) is 5. The number of aliphatic hydroxyl groups is 1. The Bertz CT molecular complexity index is 3400. The van der Waals surface area contributed by atoms with Gasteiger partial charge in [-0.3, -0.25) is 62.3 Å². The smallest absolute Gasteiger partial charge is 0.330 e. The minimum absolute atomic E-state index is 0.0209. The Morgan fingerprint density at radius 1 is 0.558 bits per heavy atom. The van der Waals surface area contributed by atoms with Gasteiger partial charge in [-0.05, 0) is 55.7 Å². The van der Waals surface area contributed by atoms with E-state index in [-0.39, 0.29) is 65.9 Å². The maximum Gasteiger partial charge on any atom is 0.330 e. The van der Waals surface area contributed by atoms with Crippen LogP contribution in [0.1, 0.15) is 103 Å². The summed E-state index contributed by atoms with van der Waals surface area (Å²) < 4.78 is 32.5. The minimum atomic E-state index is -1.77. The van der Waals surface area contributed by atoms with Crippen LogP contribution in [-0.4, -0.2) is 107 Å². The van der Waals surface area contributed by atoms with Gasteiger partial charge in [-0.1, -0.05) is 98.8 Å². The molecule has 400 valence electrons. The molecule has 8 atom stereocenters. The highest BCUT2D eigenvalue weighted by Gasteiger charge is 2.62. The third kappa shape index (κ3) is 10.0. The van der Waals surface area contributed by atoms with E-state index in [4.69, 9.17) is 33.4 Å². The van der Waals surface area contributed by atoms with E-state index in [0.29, 0.717) is 10.1 Å². The molecule has 77 heavy (non-hydrogen) atoms. The molecule has 6 aromatic rings. The second-order valence-electron chi connectivity index (χ2n) is 18.4. The molecule has 0 radical (unpaired) electrons. The molecule has 2 saturated heterocycles. The van der Waals surface area contributed by atoms with Crippen LogP contribution in [0.25, 0.3) is 0 Å². The van der Waals surface area contributed by atoms with Crippen molar-refractivity contribution in [2.75, 3.05) is 6.61 Å². The quantitative estimate of drug-likeness (QED) is 0.0870. The number of benzene rings is 4. The summed E-state index contributed by atoms with van der Waals surface area (Å²) in [4.78, 5) is 130. The van der Waals surface area contributed by atoms with Gasteiger partial charge < -0.3 is 28.8 Å². The number of carbonyl (C=O) groups is 5. The predicted molar refractivity (Wildman–Crippen MR) is 266 cm³/mol. The zero-order valence-corrected chi connectivity index (χ0v) is 41.9. The maximum absolute atomic E-state index is 13.1. The molecule has 6 heterocycles. The van der Waals surface area contributed by atoms with Crippen LogP contribution < -0.4 is 22.5 Å². The molecule has 0 bridgehead atoms. The Morgan fingerprint density at radius 3 is 1.34 bits per heavy atom. The number of H-pyrrole nitrogens is 2. The second kappa shape index (κ2) is 22.1. The normalized spacial score (nSPS) is 24.4. The molecule has 0 aliphatic carbocycles. The zero-order chi connectivity index (χ0) is 54.8. The van der Waals surface area contributed by atoms with Crippen LogP contribution in [-0.2, 0) is 51.4 Å². The highest BCUT2D eigenvalue weighted by Crippen LogP contribution is 2.46. The summed E-state index contributed by atoms with van der Waals surface area (Å²) in [6, 6.07) is 30.9. The molecule has 2 aromatic heterocycles. The van der Waals surface area contributed by atoms with Crippen molar-refractivity contribution in [2.24, 2.45) is 0 Å². The average molecular weight is 1060 g/mol. The first-order chi connectivity index (χ1) is 37.1. The van der Waals surface area contributed by atoms with E-state index in [9.17, 15) is 48.3 Å². The van der Waals surface area contributed by atoms with Gasteiger partial charge in [-0.25, -0.2) is 9.59 Å². The summed E-state index contributed by atoms with van der Waals surface area (Å²) in [7, 11) is 0. The van der Waals surface area contributed by atoms with E-state index in [1.54, 1.807) is 38.1 Å². The highest BCUT2D eigenvalue weighted by atomic mass is 16.8. The fourth-order valence-corrected chi connectivity index (χ4v) is 9.58. The number of fused-ring (bicyclic) bond motifs is 2. The topological polar surface area (TPSA) is 286 Å². The predicted octanol–water partition coefficient (Wildman–Crippen LogP) is 3.53. The first-order valence-corrected chi connectivity index (χ1v) is 24.4. The molecule has 2 fully saturated rings. The van der Waals surface area contributed by atoms with Crippen LogP contribution in [0.4, 0.5) is 0 Å². The van der Waals surface area contributed by atoms with E-state index in [1.165, 1.54) is 50.5 Å². The number of nitrogens with one attached hydrogen (secondary N) is 2. The number of nitrogens with zero attached hydrogens (tertiary/aromatic N) is 4. The number of aryl methyl sites for hydroxylation is 2. The van der Waals surface area contributed by atoms with Crippen LogP contribution in [0.5, 0.6) is 0 Å². The summed E-state index contributed by atoms with van der Waals surface area (Å²) >= 11 is 0. The van der Waals surface area contributed by atoms with Crippen LogP contribution in [0.15, 0.2) is 141 Å². The molecule has 3 N–H and O–H groups in total. The van der Waals surface area contributed by atoms with E-state index < -0.39 is 101 Å². The monoisotopic (exact) mass is 1060 g/mol. The first-order valence-electron chi connectivity index (χ1n) is 24.4. The standard InChI is InChI=1S/C27H25N3O9.C27H27N3O8/c1-3-27(37-15-31)21(36-14-17-9-5-4-6-10-17)20(25(38-27)29-13-16(2)22(32)28-26(29)35)39-30-23(33)18-11-7-8-12-19(18)24(30)34;1-3-27(15-31)21(36-14-17-9-5-4-6-10-17)20(25(37-27)29-13-16(2)22(32)28-26(29)35)38-30-23(33)18-11-7-8-12-19(18)24(30)34/h4-13,15,20-21,25H,3,14H2,1-2H3,(H,28,32,35);4-13,20-21,25,31H,3,14-15H2,1-2H3,(H,28,32,35)/t20-,21?,25+,27+;20-,21?,25+,27-/m00/s1. The van der Waals surface area contributed by atoms with Crippen LogP contribution in [0.3, 0.4) is 0 Å². The number of aromatic nitrogens is 4. The van der Waals surface area contributed by atoms with Crippen molar-refractivity contribution in [3.63, 3.8) is 0 Å². The largest absolute Gasteiger partial charge is 0.432 e. The highest BCUT2D eigenvalue weighted by molar-refractivity contribution is 6.21. The van der Waals surface area contributed by atoms with Crippen molar-refractivity contribution < 1.29 is 62.4 Å². The van der Waals surface area contributed by atoms with Crippen molar-refractivity contribution in [2.45, 2.75) is 102 Å². The van der Waals surface area contributed by atoms with Gasteiger partial charge in [0.05, 0.1) is 42.1 Å². The van der Waals surface area contributed by atoms with Crippen LogP contribution in [0, 0.1) is 13.8 Å². The lowest BCUT2D eigenvalue weighted by Crippen LogP contribution is -2.50. The van der Waals surface area contributed by atoms with Gasteiger partial charge in [0.15, 0.2) is 30.8 Å². The molecule has 4 aliphatic rings. The molecule has 0 saturated carbocycles. The fraction of sp³-hybridized carbons (Fsp3) is 0.315. The van der Waals surface area contributed by atoms with Gasteiger partial charge in [-0.15, -0.1) is 10.1 Å². The van der Waals surface area contributed by atoms with E-state index >= 15 is 0 Å². The van der Waals surface area contributed by atoms with Gasteiger partial charge in [0.2, 0.25) is 5.79 Å². The van der Waals surface area contributed by atoms with E-state index in [1.807, 2.05) is 60.7 Å². The summed E-state index contributed by atoms with van der Waals surface area (Å²) in [5.74, 6) is -4.55. The number of hydrogen-bond donors (Lipinski definition) is 3. The van der Waals surface area contributed by atoms with Crippen molar-refractivity contribution >= 4 is 30.1 Å². The SMILES string of the molecule is CC[C@@]1(CO)O[C@@H](n2cc(C)c(=O)[nH]c2=O)[C@@H](ON2C(=O)c3ccccc3C2=O)C1OCc1ccccc1.CC[C@@]1(OC=O)O[C@@H](n2cc(C)c(=O)[nH]c2=O)[C@@H](ON2C(=O)c3ccccc3C2=O)C1OCc1ccccc1.